The van der Waals surface area contributed by atoms with Crippen molar-refractivity contribution < 1.29 is 9.18 Å². The van der Waals surface area contributed by atoms with Crippen molar-refractivity contribution in [3.05, 3.63) is 44.9 Å². The SMILES string of the molecule is CCCn1c(SCC(=O)Nc2ccc(F)c(Cl)c2)nnc1-c1csc2c1CCCC2. The van der Waals surface area contributed by atoms with Crippen LogP contribution in [0.4, 0.5) is 10.1 Å². The van der Waals surface area contributed by atoms with E-state index in [4.69, 9.17) is 11.6 Å². The molecule has 30 heavy (non-hydrogen) atoms. The van der Waals surface area contributed by atoms with Crippen LogP contribution in [-0.2, 0) is 24.2 Å². The van der Waals surface area contributed by atoms with Crippen LogP contribution in [0.2, 0.25) is 5.02 Å². The Kier molecular flexibility index (Phi) is 6.75. The van der Waals surface area contributed by atoms with E-state index in [1.165, 1.54) is 58.8 Å². The maximum Gasteiger partial charge on any atom is 0.234 e. The van der Waals surface area contributed by atoms with Crippen LogP contribution >= 0.6 is 34.7 Å². The Balaban J connectivity index is 1.48. The van der Waals surface area contributed by atoms with E-state index in [-0.39, 0.29) is 16.7 Å². The molecule has 1 aromatic carbocycles. The molecule has 0 bridgehead atoms. The largest absolute Gasteiger partial charge is 0.325 e. The predicted molar refractivity (Wildman–Crippen MR) is 121 cm³/mol. The summed E-state index contributed by atoms with van der Waals surface area (Å²) in [6.07, 6.45) is 5.67. The molecule has 0 spiro atoms. The molecule has 5 nitrogen and oxygen atoms in total. The lowest BCUT2D eigenvalue weighted by Gasteiger charge is -2.13. The number of hydrogen-bond donors (Lipinski definition) is 1. The first-order valence-corrected chi connectivity index (χ1v) is 12.2. The Morgan fingerprint density at radius 3 is 2.97 bits per heavy atom. The van der Waals surface area contributed by atoms with E-state index in [1.54, 1.807) is 0 Å². The maximum atomic E-state index is 13.3. The van der Waals surface area contributed by atoms with E-state index >= 15 is 0 Å². The van der Waals surface area contributed by atoms with Gasteiger partial charge in [0.2, 0.25) is 5.91 Å². The number of carbonyl (C=O) groups is 1. The fourth-order valence-corrected chi connectivity index (χ4v) is 5.67. The molecule has 0 fully saturated rings. The van der Waals surface area contributed by atoms with Gasteiger partial charge >= 0.3 is 0 Å². The summed E-state index contributed by atoms with van der Waals surface area (Å²) in [5.41, 5.74) is 3.07. The van der Waals surface area contributed by atoms with Crippen LogP contribution < -0.4 is 5.32 Å². The normalized spacial score (nSPS) is 13.3. The molecule has 158 valence electrons. The number of thioether (sulfide) groups is 1. The van der Waals surface area contributed by atoms with E-state index in [9.17, 15) is 9.18 Å². The van der Waals surface area contributed by atoms with Crippen molar-refractivity contribution >= 4 is 46.3 Å². The standard InChI is InChI=1S/C21H22ClFN4OS2/c1-2-9-27-20(15-11-29-18-6-4-3-5-14(15)18)25-26-21(27)30-12-19(28)24-13-7-8-17(23)16(22)10-13/h7-8,10-11H,2-6,9,12H2,1H3,(H,24,28). The lowest BCUT2D eigenvalue weighted by atomic mass is 9.95. The summed E-state index contributed by atoms with van der Waals surface area (Å²) in [4.78, 5) is 13.8. The van der Waals surface area contributed by atoms with Gasteiger partial charge in [0.15, 0.2) is 11.0 Å². The number of hydrogen-bond acceptors (Lipinski definition) is 5. The number of rotatable bonds is 7. The van der Waals surface area contributed by atoms with Gasteiger partial charge in [0, 0.05) is 28.1 Å². The van der Waals surface area contributed by atoms with Crippen LogP contribution in [0.25, 0.3) is 11.4 Å². The van der Waals surface area contributed by atoms with E-state index < -0.39 is 5.82 Å². The zero-order valence-corrected chi connectivity index (χ0v) is 19.0. The van der Waals surface area contributed by atoms with Gasteiger partial charge in [-0.05, 0) is 55.9 Å². The Morgan fingerprint density at radius 1 is 1.33 bits per heavy atom. The molecule has 9 heteroatoms. The van der Waals surface area contributed by atoms with Crippen molar-refractivity contribution in [1.82, 2.24) is 14.8 Å². The number of benzene rings is 1. The smallest absolute Gasteiger partial charge is 0.234 e. The maximum absolute atomic E-state index is 13.3. The van der Waals surface area contributed by atoms with Crippen molar-refractivity contribution in [2.45, 2.75) is 50.7 Å². The molecular formula is C21H22ClFN4OS2. The molecule has 2 aromatic heterocycles. The number of anilines is 1. The fraction of sp³-hybridized carbons (Fsp3) is 0.381. The molecule has 0 saturated carbocycles. The van der Waals surface area contributed by atoms with E-state index in [2.05, 4.69) is 32.4 Å². The summed E-state index contributed by atoms with van der Waals surface area (Å²) < 4.78 is 15.4. The highest BCUT2D eigenvalue weighted by atomic mass is 35.5. The summed E-state index contributed by atoms with van der Waals surface area (Å²) in [7, 11) is 0. The zero-order chi connectivity index (χ0) is 21.1. The van der Waals surface area contributed by atoms with Crippen molar-refractivity contribution in [3.63, 3.8) is 0 Å². The van der Waals surface area contributed by atoms with Crippen LogP contribution in [0.1, 0.15) is 36.6 Å². The molecular weight excluding hydrogens is 443 g/mol. The molecule has 1 aliphatic carbocycles. The third kappa shape index (κ3) is 4.55. The van der Waals surface area contributed by atoms with Crippen LogP contribution in [0.15, 0.2) is 28.7 Å². The van der Waals surface area contributed by atoms with Crippen molar-refractivity contribution in [1.29, 1.82) is 0 Å². The van der Waals surface area contributed by atoms with Crippen LogP contribution in [-0.4, -0.2) is 26.4 Å². The summed E-state index contributed by atoms with van der Waals surface area (Å²) in [5, 5.41) is 14.5. The average molecular weight is 465 g/mol. The predicted octanol–water partition coefficient (Wildman–Crippen LogP) is 5.82. The third-order valence-corrected chi connectivity index (χ3v) is 7.35. The van der Waals surface area contributed by atoms with Crippen molar-refractivity contribution in [3.8, 4) is 11.4 Å². The van der Waals surface area contributed by atoms with Crippen LogP contribution in [0.3, 0.4) is 0 Å². The lowest BCUT2D eigenvalue weighted by Crippen LogP contribution is -2.15. The second-order valence-corrected chi connectivity index (χ2v) is 9.50. The summed E-state index contributed by atoms with van der Waals surface area (Å²) >= 11 is 8.94. The van der Waals surface area contributed by atoms with Crippen LogP contribution in [0, 0.1) is 5.82 Å². The van der Waals surface area contributed by atoms with E-state index in [1.807, 2.05) is 11.3 Å². The Hall–Kier alpha value is -1.90. The summed E-state index contributed by atoms with van der Waals surface area (Å²) in [6.45, 7) is 2.91. The Labute approximate surface area is 188 Å². The van der Waals surface area contributed by atoms with Gasteiger partial charge in [0.1, 0.15) is 5.82 Å². The minimum Gasteiger partial charge on any atom is -0.325 e. The minimum atomic E-state index is -0.514. The highest BCUT2D eigenvalue weighted by Crippen LogP contribution is 2.37. The van der Waals surface area contributed by atoms with Gasteiger partial charge in [-0.25, -0.2) is 4.39 Å². The molecule has 0 aliphatic heterocycles. The van der Waals surface area contributed by atoms with E-state index in [0.29, 0.717) is 5.69 Å². The summed E-state index contributed by atoms with van der Waals surface area (Å²) in [6, 6.07) is 4.12. The highest BCUT2D eigenvalue weighted by Gasteiger charge is 2.22. The summed E-state index contributed by atoms with van der Waals surface area (Å²) in [5.74, 6) is 0.353. The number of fused-ring (bicyclic) bond motifs is 1. The van der Waals surface area contributed by atoms with Crippen molar-refractivity contribution in [2.24, 2.45) is 0 Å². The van der Waals surface area contributed by atoms with Gasteiger partial charge < -0.3 is 9.88 Å². The molecule has 0 atom stereocenters. The van der Waals surface area contributed by atoms with E-state index in [0.717, 1.165) is 36.8 Å². The van der Waals surface area contributed by atoms with Crippen LogP contribution in [0.5, 0.6) is 0 Å². The molecule has 2 heterocycles. The third-order valence-electron chi connectivity index (χ3n) is 5.00. The second-order valence-electron chi connectivity index (χ2n) is 7.18. The molecule has 1 aliphatic rings. The molecule has 1 N–H and O–H groups in total. The number of halogens is 2. The molecule has 0 unspecified atom stereocenters. The Bertz CT molecular complexity index is 1070. The lowest BCUT2D eigenvalue weighted by molar-refractivity contribution is -0.113. The van der Waals surface area contributed by atoms with Crippen molar-refractivity contribution in [2.75, 3.05) is 11.1 Å². The quantitative estimate of drug-likeness (QED) is 0.447. The first kappa shape index (κ1) is 21.3. The topological polar surface area (TPSA) is 59.8 Å². The average Bonchev–Trinajstić information content (AvgIpc) is 3.33. The number of thiophene rings is 1. The first-order chi connectivity index (χ1) is 14.6. The molecule has 4 rings (SSSR count). The molecule has 3 aromatic rings. The number of aryl methyl sites for hydroxylation is 1. The number of nitrogens with zero attached hydrogens (tertiary/aromatic N) is 3. The van der Waals surface area contributed by atoms with Gasteiger partial charge in [-0.15, -0.1) is 21.5 Å². The molecule has 0 saturated heterocycles. The Morgan fingerprint density at radius 2 is 2.17 bits per heavy atom. The molecule has 0 radical (unpaired) electrons. The van der Waals surface area contributed by atoms with Gasteiger partial charge in [-0.2, -0.15) is 0 Å². The second kappa shape index (κ2) is 9.49. The highest BCUT2D eigenvalue weighted by molar-refractivity contribution is 7.99. The number of nitrogens with one attached hydrogen (secondary N) is 1. The number of carbonyl (C=O) groups excluding carboxylic acids is 1. The minimum absolute atomic E-state index is 0.0214. The first-order valence-electron chi connectivity index (χ1n) is 9.97. The monoisotopic (exact) mass is 464 g/mol. The zero-order valence-electron chi connectivity index (χ0n) is 16.6. The fourth-order valence-electron chi connectivity index (χ4n) is 3.60. The number of amides is 1. The molecule has 1 amide bonds. The van der Waals surface area contributed by atoms with Gasteiger partial charge in [0.25, 0.3) is 0 Å². The number of aromatic nitrogens is 3. The van der Waals surface area contributed by atoms with Gasteiger partial charge in [0.05, 0.1) is 10.8 Å². The van der Waals surface area contributed by atoms with Gasteiger partial charge in [-0.3, -0.25) is 4.79 Å². The van der Waals surface area contributed by atoms with Gasteiger partial charge in [-0.1, -0.05) is 30.3 Å².